The Morgan fingerprint density at radius 1 is 0.970 bits per heavy atom. The van der Waals surface area contributed by atoms with E-state index in [1.807, 2.05) is 24.3 Å². The number of hydrogen-bond acceptors (Lipinski definition) is 6. The zero-order valence-electron chi connectivity index (χ0n) is 20.0. The molecule has 0 saturated carbocycles. The number of ketones is 1. The molecule has 176 valence electrons. The second kappa shape index (κ2) is 9.67. The highest BCUT2D eigenvalue weighted by molar-refractivity contribution is 6.46. The summed E-state index contributed by atoms with van der Waals surface area (Å²) in [5.41, 5.74) is 2.21. The minimum Gasteiger partial charge on any atom is -0.507 e. The number of hydrogen-bond donors (Lipinski definition) is 1. The average molecular weight is 454 g/mol. The zero-order valence-corrected chi connectivity index (χ0v) is 20.0. The van der Waals surface area contributed by atoms with Crippen LogP contribution >= 0.6 is 0 Å². The summed E-state index contributed by atoms with van der Waals surface area (Å²) in [5.74, 6) is -0.772. The standard InChI is InChI=1S/C26H31NO6/c1-26(2,3)18-10-7-16(8-11-18)22-21(24(29)25(30)27(22)13-14-31-4)23(28)17-9-12-19(32-5)20(15-17)33-6/h7-12,15,22,28H,13-14H2,1-6H3/b23-21-. The second-order valence-electron chi connectivity index (χ2n) is 8.93. The van der Waals surface area contributed by atoms with Crippen molar-refractivity contribution in [3.63, 3.8) is 0 Å². The molecule has 1 aliphatic rings. The lowest BCUT2D eigenvalue weighted by Crippen LogP contribution is -2.32. The molecule has 0 aliphatic carbocycles. The van der Waals surface area contributed by atoms with Gasteiger partial charge in [-0.05, 0) is 34.7 Å². The highest BCUT2D eigenvalue weighted by atomic mass is 16.5. The Hall–Kier alpha value is -3.32. The van der Waals surface area contributed by atoms with Crippen molar-refractivity contribution in [3.8, 4) is 11.5 Å². The van der Waals surface area contributed by atoms with Gasteiger partial charge in [0.2, 0.25) is 0 Å². The highest BCUT2D eigenvalue weighted by Gasteiger charge is 2.46. The van der Waals surface area contributed by atoms with E-state index in [2.05, 4.69) is 20.8 Å². The number of aliphatic hydroxyl groups is 1. The number of rotatable bonds is 7. The Balaban J connectivity index is 2.16. The first-order valence-corrected chi connectivity index (χ1v) is 10.7. The number of methoxy groups -OCH3 is 3. The summed E-state index contributed by atoms with van der Waals surface area (Å²) < 4.78 is 15.7. The van der Waals surface area contributed by atoms with Crippen molar-refractivity contribution in [2.75, 3.05) is 34.5 Å². The van der Waals surface area contributed by atoms with Crippen molar-refractivity contribution in [1.29, 1.82) is 0 Å². The van der Waals surface area contributed by atoms with E-state index in [0.717, 1.165) is 11.1 Å². The Bertz CT molecular complexity index is 1070. The van der Waals surface area contributed by atoms with Crippen molar-refractivity contribution in [2.24, 2.45) is 0 Å². The van der Waals surface area contributed by atoms with Crippen LogP contribution in [0.1, 0.15) is 43.5 Å². The number of carbonyl (C=O) groups excluding carboxylic acids is 2. The summed E-state index contributed by atoms with van der Waals surface area (Å²) in [5, 5.41) is 11.2. The fraction of sp³-hybridized carbons (Fsp3) is 0.385. The molecule has 1 saturated heterocycles. The maximum absolute atomic E-state index is 13.1. The summed E-state index contributed by atoms with van der Waals surface area (Å²) in [6, 6.07) is 11.9. The molecular weight excluding hydrogens is 422 g/mol. The Labute approximate surface area is 194 Å². The molecule has 1 heterocycles. The molecular formula is C26H31NO6. The molecule has 2 aromatic carbocycles. The quantitative estimate of drug-likeness (QED) is 0.386. The molecule has 33 heavy (non-hydrogen) atoms. The van der Waals surface area contributed by atoms with Crippen molar-refractivity contribution in [2.45, 2.75) is 32.2 Å². The van der Waals surface area contributed by atoms with E-state index in [0.29, 0.717) is 17.1 Å². The lowest BCUT2D eigenvalue weighted by atomic mass is 9.85. The van der Waals surface area contributed by atoms with Crippen LogP contribution in [0.25, 0.3) is 5.76 Å². The van der Waals surface area contributed by atoms with Crippen LogP contribution in [-0.2, 0) is 19.7 Å². The lowest BCUT2D eigenvalue weighted by Gasteiger charge is -2.26. The number of ether oxygens (including phenoxy) is 3. The van der Waals surface area contributed by atoms with Crippen LogP contribution in [0.5, 0.6) is 11.5 Å². The Morgan fingerprint density at radius 2 is 1.61 bits per heavy atom. The van der Waals surface area contributed by atoms with Gasteiger partial charge in [-0.1, -0.05) is 45.0 Å². The van der Waals surface area contributed by atoms with Crippen LogP contribution in [0.15, 0.2) is 48.0 Å². The van der Waals surface area contributed by atoms with Crippen molar-refractivity contribution in [1.82, 2.24) is 4.90 Å². The molecule has 0 bridgehead atoms. The molecule has 2 aromatic rings. The predicted molar refractivity (Wildman–Crippen MR) is 126 cm³/mol. The number of benzene rings is 2. The summed E-state index contributed by atoms with van der Waals surface area (Å²) >= 11 is 0. The summed E-state index contributed by atoms with van der Waals surface area (Å²) in [6.07, 6.45) is 0. The van der Waals surface area contributed by atoms with E-state index in [1.165, 1.54) is 26.2 Å². The van der Waals surface area contributed by atoms with Crippen LogP contribution in [0.4, 0.5) is 0 Å². The smallest absolute Gasteiger partial charge is 0.295 e. The summed E-state index contributed by atoms with van der Waals surface area (Å²) in [7, 11) is 4.54. The molecule has 1 fully saturated rings. The van der Waals surface area contributed by atoms with Gasteiger partial charge in [-0.2, -0.15) is 0 Å². The highest BCUT2D eigenvalue weighted by Crippen LogP contribution is 2.41. The minimum absolute atomic E-state index is 0.0341. The van der Waals surface area contributed by atoms with E-state index >= 15 is 0 Å². The molecule has 1 atom stereocenters. The molecule has 7 nitrogen and oxygen atoms in total. The third kappa shape index (κ3) is 4.73. The van der Waals surface area contributed by atoms with Gasteiger partial charge in [0.1, 0.15) is 5.76 Å². The van der Waals surface area contributed by atoms with Gasteiger partial charge < -0.3 is 24.2 Å². The third-order valence-corrected chi connectivity index (χ3v) is 5.83. The van der Waals surface area contributed by atoms with E-state index < -0.39 is 17.7 Å². The van der Waals surface area contributed by atoms with Gasteiger partial charge in [-0.3, -0.25) is 9.59 Å². The second-order valence-corrected chi connectivity index (χ2v) is 8.93. The molecule has 0 radical (unpaired) electrons. The van der Waals surface area contributed by atoms with Crippen LogP contribution in [-0.4, -0.2) is 56.2 Å². The van der Waals surface area contributed by atoms with Crippen molar-refractivity contribution >= 4 is 17.4 Å². The lowest BCUT2D eigenvalue weighted by molar-refractivity contribution is -0.140. The topological polar surface area (TPSA) is 85.3 Å². The molecule has 1 unspecified atom stereocenters. The number of nitrogens with zero attached hydrogens (tertiary/aromatic N) is 1. The largest absolute Gasteiger partial charge is 0.507 e. The zero-order chi connectivity index (χ0) is 24.3. The SMILES string of the molecule is COCCN1C(=O)C(=O)/C(=C(\O)c2ccc(OC)c(OC)c2)C1c1ccc(C(C)(C)C)cc1. The number of amides is 1. The number of Topliss-reactive ketones (excluding diaryl/α,β-unsaturated/α-hetero) is 1. The van der Waals surface area contributed by atoms with Gasteiger partial charge >= 0.3 is 0 Å². The first-order chi connectivity index (χ1) is 15.6. The maximum atomic E-state index is 13.1. The summed E-state index contributed by atoms with van der Waals surface area (Å²) in [4.78, 5) is 27.4. The van der Waals surface area contributed by atoms with Gasteiger partial charge in [-0.15, -0.1) is 0 Å². The third-order valence-electron chi connectivity index (χ3n) is 5.83. The maximum Gasteiger partial charge on any atom is 0.295 e. The van der Waals surface area contributed by atoms with Crippen molar-refractivity contribution < 1.29 is 28.9 Å². The molecule has 1 amide bonds. The van der Waals surface area contributed by atoms with Crippen LogP contribution in [0.3, 0.4) is 0 Å². The van der Waals surface area contributed by atoms with Crippen molar-refractivity contribution in [3.05, 3.63) is 64.7 Å². The van der Waals surface area contributed by atoms with Crippen LogP contribution in [0, 0.1) is 0 Å². The predicted octanol–water partition coefficient (Wildman–Crippen LogP) is 4.07. The Kier molecular flexibility index (Phi) is 7.12. The minimum atomic E-state index is -0.734. The van der Waals surface area contributed by atoms with E-state index in [4.69, 9.17) is 14.2 Å². The monoisotopic (exact) mass is 453 g/mol. The van der Waals surface area contributed by atoms with Crippen LogP contribution in [0.2, 0.25) is 0 Å². The van der Waals surface area contributed by atoms with Gasteiger partial charge in [-0.25, -0.2) is 0 Å². The Morgan fingerprint density at radius 3 is 2.15 bits per heavy atom. The molecule has 7 heteroatoms. The van der Waals surface area contributed by atoms with E-state index in [9.17, 15) is 14.7 Å². The number of carbonyl (C=O) groups is 2. The fourth-order valence-corrected chi connectivity index (χ4v) is 3.95. The van der Waals surface area contributed by atoms with Gasteiger partial charge in [0.05, 0.1) is 32.4 Å². The van der Waals surface area contributed by atoms with Gasteiger partial charge in [0, 0.05) is 19.2 Å². The fourth-order valence-electron chi connectivity index (χ4n) is 3.95. The first kappa shape index (κ1) is 24.3. The van der Waals surface area contributed by atoms with E-state index in [1.54, 1.807) is 18.2 Å². The number of likely N-dealkylation sites (tertiary alicyclic amines) is 1. The molecule has 0 aromatic heterocycles. The van der Waals surface area contributed by atoms with Gasteiger partial charge in [0.25, 0.3) is 11.7 Å². The average Bonchev–Trinajstić information content (AvgIpc) is 3.06. The van der Waals surface area contributed by atoms with Crippen LogP contribution < -0.4 is 9.47 Å². The molecule has 1 N–H and O–H groups in total. The summed E-state index contributed by atoms with van der Waals surface area (Å²) in [6.45, 7) is 6.83. The van der Waals surface area contributed by atoms with Gasteiger partial charge in [0.15, 0.2) is 11.5 Å². The molecule has 1 aliphatic heterocycles. The van der Waals surface area contributed by atoms with E-state index in [-0.39, 0.29) is 29.9 Å². The molecule has 3 rings (SSSR count). The number of aliphatic hydroxyl groups excluding tert-OH is 1. The normalized spacial score (nSPS) is 18.0. The first-order valence-electron chi connectivity index (χ1n) is 10.7. The molecule has 0 spiro atoms.